The van der Waals surface area contributed by atoms with Gasteiger partial charge in [-0.1, -0.05) is 67.9 Å². The molecule has 3 aromatic carbocycles. The SMILES string of the molecule is CCC(=O)NCCNC(=O)NC(N)=NCCC[C@@H](NC(=O)C(c1ccccc1)c1cccc(OCCCCNC(=O)CCCCCNC(=O)CN2CCN(CC(=O)O)CCN(CC(=O)O)CCN(CC(=O)O)CC2)c1)C(=O)NCc1ccc(O)cc1. The lowest BCUT2D eigenvalue weighted by Gasteiger charge is -2.32. The number of unbranched alkanes of at least 4 members (excludes halogenated alkanes) is 3. The van der Waals surface area contributed by atoms with E-state index in [1.807, 2.05) is 41.3 Å². The number of carbonyl (C=O) groups is 9. The van der Waals surface area contributed by atoms with Crippen molar-refractivity contribution in [3.8, 4) is 11.5 Å². The summed E-state index contributed by atoms with van der Waals surface area (Å²) in [6, 6.07) is 21.0. The van der Waals surface area contributed by atoms with Crippen LogP contribution < -0.4 is 47.7 Å². The molecule has 4 rings (SSSR count). The summed E-state index contributed by atoms with van der Waals surface area (Å²) >= 11 is 0. The summed E-state index contributed by atoms with van der Waals surface area (Å²) in [7, 11) is 0. The van der Waals surface area contributed by atoms with Crippen LogP contribution in [-0.4, -0.2) is 223 Å². The van der Waals surface area contributed by atoms with Gasteiger partial charge in [0.1, 0.15) is 17.5 Å². The number of carboxylic acid groups (broad SMARTS) is 3. The number of urea groups is 1. The third-order valence-electron chi connectivity index (χ3n) is 13.8. The van der Waals surface area contributed by atoms with E-state index in [0.717, 1.165) is 5.56 Å². The van der Waals surface area contributed by atoms with Crippen molar-refractivity contribution in [2.75, 3.05) is 118 Å². The molecular formula is C59H87N13O14. The van der Waals surface area contributed by atoms with E-state index in [-0.39, 0.29) is 114 Å². The molecule has 7 amide bonds. The smallest absolute Gasteiger partial charge is 0.321 e. The molecule has 1 aliphatic heterocycles. The number of phenols is 1. The number of aliphatic imine (C=N–C) groups is 1. The number of rotatable bonds is 35. The predicted octanol–water partition coefficient (Wildman–Crippen LogP) is 0.673. The summed E-state index contributed by atoms with van der Waals surface area (Å²) in [5, 5.41) is 57.5. The number of nitrogens with one attached hydrogen (secondary N) is 7. The highest BCUT2D eigenvalue weighted by atomic mass is 16.5. The van der Waals surface area contributed by atoms with E-state index in [0.29, 0.717) is 114 Å². The van der Waals surface area contributed by atoms with E-state index in [2.05, 4.69) is 42.2 Å². The fraction of sp³-hybridized carbons (Fsp3) is 0.525. The summed E-state index contributed by atoms with van der Waals surface area (Å²) in [6.07, 6.45) is 4.31. The van der Waals surface area contributed by atoms with Crippen molar-refractivity contribution in [1.82, 2.24) is 56.8 Å². The van der Waals surface area contributed by atoms with Crippen LogP contribution in [0.15, 0.2) is 83.9 Å². The quantitative estimate of drug-likeness (QED) is 0.0219. The summed E-state index contributed by atoms with van der Waals surface area (Å²) in [6.45, 7) is 5.17. The molecule has 1 saturated heterocycles. The molecule has 472 valence electrons. The van der Waals surface area contributed by atoms with Crippen LogP contribution in [0, 0.1) is 0 Å². The van der Waals surface area contributed by atoms with Gasteiger partial charge in [-0.05, 0) is 79.5 Å². The fourth-order valence-corrected chi connectivity index (χ4v) is 9.16. The number of guanidine groups is 1. The van der Waals surface area contributed by atoms with Crippen molar-refractivity contribution in [3.05, 3.63) is 95.6 Å². The van der Waals surface area contributed by atoms with E-state index in [9.17, 15) is 63.6 Å². The third kappa shape index (κ3) is 29.9. The van der Waals surface area contributed by atoms with E-state index < -0.39 is 47.7 Å². The Labute approximate surface area is 501 Å². The van der Waals surface area contributed by atoms with Crippen LogP contribution in [0.1, 0.15) is 87.3 Å². The summed E-state index contributed by atoms with van der Waals surface area (Å²) < 4.78 is 6.12. The number of carboxylic acids is 3. The van der Waals surface area contributed by atoms with Gasteiger partial charge in [-0.3, -0.25) is 68.3 Å². The Morgan fingerprint density at radius 3 is 1.71 bits per heavy atom. The van der Waals surface area contributed by atoms with Gasteiger partial charge in [-0.2, -0.15) is 0 Å². The number of aliphatic carboxylic acids is 3. The Kier molecular flexibility index (Phi) is 32.6. The van der Waals surface area contributed by atoms with E-state index in [1.54, 1.807) is 52.0 Å². The highest BCUT2D eigenvalue weighted by Crippen LogP contribution is 2.28. The van der Waals surface area contributed by atoms with Crippen LogP contribution in [0.5, 0.6) is 11.5 Å². The summed E-state index contributed by atoms with van der Waals surface area (Å²) in [5.41, 5.74) is 7.96. The lowest BCUT2D eigenvalue weighted by Crippen LogP contribution is -2.49. The molecule has 1 unspecified atom stereocenters. The van der Waals surface area contributed by atoms with Crippen molar-refractivity contribution in [1.29, 1.82) is 0 Å². The molecule has 1 heterocycles. The Morgan fingerprint density at radius 2 is 1.12 bits per heavy atom. The number of phenolic OH excluding ortho intramolecular Hbond substituents is 1. The topological polar surface area (TPSA) is 379 Å². The first-order chi connectivity index (χ1) is 41.4. The fourth-order valence-electron chi connectivity index (χ4n) is 9.16. The number of nitrogens with zero attached hydrogens (tertiary/aromatic N) is 5. The van der Waals surface area contributed by atoms with Crippen LogP contribution >= 0.6 is 0 Å². The molecule has 0 radical (unpaired) electrons. The first kappa shape index (κ1) is 70.1. The lowest BCUT2D eigenvalue weighted by molar-refractivity contribution is -0.140. The van der Waals surface area contributed by atoms with E-state index >= 15 is 0 Å². The molecule has 27 nitrogen and oxygen atoms in total. The molecule has 1 aliphatic rings. The lowest BCUT2D eigenvalue weighted by atomic mass is 9.90. The first-order valence-electron chi connectivity index (χ1n) is 29.2. The second-order valence-electron chi connectivity index (χ2n) is 20.7. The predicted molar refractivity (Wildman–Crippen MR) is 320 cm³/mol. The highest BCUT2D eigenvalue weighted by Gasteiger charge is 2.29. The Morgan fingerprint density at radius 1 is 0.570 bits per heavy atom. The van der Waals surface area contributed by atoms with E-state index in [4.69, 9.17) is 10.5 Å². The van der Waals surface area contributed by atoms with Gasteiger partial charge in [0.2, 0.25) is 29.5 Å². The number of carbonyl (C=O) groups excluding carboxylic acids is 6. The van der Waals surface area contributed by atoms with Crippen LogP contribution in [0.25, 0.3) is 0 Å². The number of benzene rings is 3. The second-order valence-corrected chi connectivity index (χ2v) is 20.7. The molecule has 2 atom stereocenters. The van der Waals surface area contributed by atoms with Gasteiger partial charge >= 0.3 is 23.9 Å². The number of aromatic hydroxyl groups is 1. The van der Waals surface area contributed by atoms with Crippen molar-refractivity contribution < 1.29 is 68.3 Å². The standard InChI is InChI=1S/C59H87N13O14/c1-2-49(74)63-26-27-65-59(85)68-58(60)64-25-12-17-48(56(83)66-38-43-19-21-46(73)22-20-43)67-57(84)55(44-13-5-3-6-14-44)45-15-11-16-47(37-45)86-36-10-9-24-61-50(75)18-7-4-8-23-62-51(76)39-69-28-30-70(40-52(77)78)32-34-72(42-54(81)82)35-33-71(31-29-69)41-53(79)80/h3,5-6,11,13-16,19-22,37,48,55,73H,2,4,7-10,12,17-18,23-36,38-42H2,1H3,(H,61,75)(H,62,76)(H,63,74)(H,66,83)(H,67,84)(H,77,78)(H,79,80)(H,81,82)(H4,60,64,65,68,85)/t48-,55?/m1/s1. The van der Waals surface area contributed by atoms with Crippen LogP contribution in [-0.2, 0) is 44.9 Å². The molecule has 0 aliphatic carbocycles. The van der Waals surface area contributed by atoms with E-state index in [1.165, 1.54) is 12.1 Å². The average Bonchev–Trinajstić information content (AvgIpc) is 1.84. The number of nitrogens with two attached hydrogens (primary N) is 1. The minimum absolute atomic E-state index is 0.0162. The van der Waals surface area contributed by atoms with Gasteiger partial charge in [-0.15, -0.1) is 0 Å². The van der Waals surface area contributed by atoms with Gasteiger partial charge in [0.15, 0.2) is 5.96 Å². The van der Waals surface area contributed by atoms with Crippen LogP contribution in [0.4, 0.5) is 4.79 Å². The minimum Gasteiger partial charge on any atom is -0.508 e. The van der Waals surface area contributed by atoms with Crippen molar-refractivity contribution >= 4 is 59.4 Å². The third-order valence-corrected chi connectivity index (χ3v) is 13.8. The second kappa shape index (κ2) is 40.0. The van der Waals surface area contributed by atoms with Gasteiger partial charge in [-0.25, -0.2) is 4.79 Å². The van der Waals surface area contributed by atoms with Gasteiger partial charge in [0.25, 0.3) is 0 Å². The molecular weight excluding hydrogens is 1110 g/mol. The van der Waals surface area contributed by atoms with Crippen LogP contribution in [0.2, 0.25) is 0 Å². The highest BCUT2D eigenvalue weighted by molar-refractivity contribution is 5.95. The largest absolute Gasteiger partial charge is 0.508 e. The number of amides is 7. The zero-order valence-electron chi connectivity index (χ0n) is 49.1. The molecule has 0 aromatic heterocycles. The molecule has 0 saturated carbocycles. The van der Waals surface area contributed by atoms with Crippen LogP contribution in [0.3, 0.4) is 0 Å². The molecule has 86 heavy (non-hydrogen) atoms. The normalized spacial score (nSPS) is 14.6. The Balaban J connectivity index is 1.22. The Bertz CT molecular complexity index is 2620. The minimum atomic E-state index is -1.04. The zero-order valence-corrected chi connectivity index (χ0v) is 49.1. The van der Waals surface area contributed by atoms with Gasteiger partial charge in [0, 0.05) is 104 Å². The average molecular weight is 1200 g/mol. The molecule has 13 N–H and O–H groups in total. The molecule has 1 fully saturated rings. The maximum absolute atomic E-state index is 14.4. The zero-order chi connectivity index (χ0) is 62.5. The van der Waals surface area contributed by atoms with Crippen molar-refractivity contribution in [2.24, 2.45) is 10.7 Å². The molecule has 3 aromatic rings. The monoisotopic (exact) mass is 1200 g/mol. The molecule has 0 spiro atoms. The summed E-state index contributed by atoms with van der Waals surface area (Å²) in [4.78, 5) is 123. The van der Waals surface area contributed by atoms with Gasteiger partial charge < -0.3 is 62.8 Å². The maximum Gasteiger partial charge on any atom is 0.321 e. The molecule has 27 heteroatoms. The number of ether oxygens (including phenoxy) is 1. The number of hydrogen-bond donors (Lipinski definition) is 12. The van der Waals surface area contributed by atoms with Crippen molar-refractivity contribution in [2.45, 2.75) is 83.2 Å². The Hall–Kier alpha value is -8.40. The van der Waals surface area contributed by atoms with Crippen molar-refractivity contribution in [3.63, 3.8) is 0 Å². The summed E-state index contributed by atoms with van der Waals surface area (Å²) in [5.74, 6) is -4.86. The maximum atomic E-state index is 14.4. The number of hydrogen-bond acceptors (Lipinski definition) is 16. The first-order valence-corrected chi connectivity index (χ1v) is 29.2. The molecule has 0 bridgehead atoms. The van der Waals surface area contributed by atoms with Gasteiger partial charge in [0.05, 0.1) is 38.7 Å².